The minimum absolute atomic E-state index is 0.0417. The van der Waals surface area contributed by atoms with Crippen LogP contribution in [0.3, 0.4) is 0 Å². The third-order valence-corrected chi connectivity index (χ3v) is 5.15. The molecule has 0 aliphatic carbocycles. The van der Waals surface area contributed by atoms with Crippen molar-refractivity contribution in [3.8, 4) is 0 Å². The summed E-state index contributed by atoms with van der Waals surface area (Å²) in [5.41, 5.74) is 2.09. The number of pyridine rings is 2. The van der Waals surface area contributed by atoms with Crippen LogP contribution in [0.15, 0.2) is 42.9 Å². The normalized spacial score (nSPS) is 14.6. The van der Waals surface area contributed by atoms with Crippen molar-refractivity contribution in [1.82, 2.24) is 29.5 Å². The van der Waals surface area contributed by atoms with E-state index in [4.69, 9.17) is 0 Å². The maximum Gasteiger partial charge on any atom is 0.255 e. The minimum atomic E-state index is -0.0616. The Morgan fingerprint density at radius 1 is 1.03 bits per heavy atom. The first kappa shape index (κ1) is 19.0. The zero-order valence-corrected chi connectivity index (χ0v) is 16.7. The van der Waals surface area contributed by atoms with E-state index >= 15 is 0 Å². The van der Waals surface area contributed by atoms with Crippen molar-refractivity contribution in [2.24, 2.45) is 0 Å². The molecule has 2 amide bonds. The van der Waals surface area contributed by atoms with Crippen LogP contribution in [-0.4, -0.2) is 67.5 Å². The molecule has 3 aromatic rings. The lowest BCUT2D eigenvalue weighted by Crippen LogP contribution is -2.51. The van der Waals surface area contributed by atoms with Gasteiger partial charge in [-0.1, -0.05) is 6.07 Å². The molecule has 0 unspecified atom stereocenters. The third kappa shape index (κ3) is 3.96. The van der Waals surface area contributed by atoms with Crippen LogP contribution >= 0.6 is 0 Å². The average molecular weight is 392 g/mol. The van der Waals surface area contributed by atoms with E-state index in [-0.39, 0.29) is 24.3 Å². The fourth-order valence-corrected chi connectivity index (χ4v) is 3.55. The van der Waals surface area contributed by atoms with Gasteiger partial charge in [0.1, 0.15) is 0 Å². The van der Waals surface area contributed by atoms with Crippen molar-refractivity contribution in [3.05, 3.63) is 54.1 Å². The zero-order chi connectivity index (χ0) is 20.4. The van der Waals surface area contributed by atoms with Crippen LogP contribution in [0.2, 0.25) is 0 Å². The first-order valence-electron chi connectivity index (χ1n) is 9.83. The summed E-state index contributed by atoms with van der Waals surface area (Å²) in [4.78, 5) is 37.6. The Balaban J connectivity index is 1.39. The Bertz CT molecular complexity index is 1020. The molecule has 1 saturated heterocycles. The fraction of sp³-hybridized carbons (Fsp3) is 0.381. The summed E-state index contributed by atoms with van der Waals surface area (Å²) in [6.07, 6.45) is 5.33. The second-order valence-corrected chi connectivity index (χ2v) is 7.49. The number of aromatic nitrogens is 4. The van der Waals surface area contributed by atoms with Crippen LogP contribution in [0.25, 0.3) is 11.0 Å². The predicted molar refractivity (Wildman–Crippen MR) is 108 cm³/mol. The molecule has 150 valence electrons. The van der Waals surface area contributed by atoms with Gasteiger partial charge in [0.25, 0.3) is 5.91 Å². The number of hydrogen-bond acceptors (Lipinski definition) is 5. The fourth-order valence-electron chi connectivity index (χ4n) is 3.55. The summed E-state index contributed by atoms with van der Waals surface area (Å²) in [7, 11) is 0. The number of nitrogens with zero attached hydrogens (tertiary/aromatic N) is 6. The largest absolute Gasteiger partial charge is 0.339 e. The van der Waals surface area contributed by atoms with E-state index in [0.717, 1.165) is 16.7 Å². The second-order valence-electron chi connectivity index (χ2n) is 7.49. The Morgan fingerprint density at radius 2 is 1.79 bits per heavy atom. The lowest BCUT2D eigenvalue weighted by molar-refractivity contribution is -0.132. The number of piperazine rings is 1. The quantitative estimate of drug-likeness (QED) is 0.677. The molecular weight excluding hydrogens is 368 g/mol. The van der Waals surface area contributed by atoms with Gasteiger partial charge in [0, 0.05) is 55.7 Å². The number of fused-ring (bicyclic) bond motifs is 1. The number of hydrogen-bond donors (Lipinski definition) is 0. The van der Waals surface area contributed by atoms with Crippen LogP contribution in [0, 0.1) is 0 Å². The summed E-state index contributed by atoms with van der Waals surface area (Å²) in [6, 6.07) is 7.61. The number of amides is 2. The lowest BCUT2D eigenvalue weighted by Gasteiger charge is -2.34. The molecule has 8 nitrogen and oxygen atoms in total. The highest BCUT2D eigenvalue weighted by Crippen LogP contribution is 2.18. The molecule has 0 saturated carbocycles. The van der Waals surface area contributed by atoms with Crippen LogP contribution in [-0.2, 0) is 11.2 Å². The van der Waals surface area contributed by atoms with Crippen molar-refractivity contribution < 1.29 is 9.59 Å². The molecule has 0 aromatic carbocycles. The highest BCUT2D eigenvalue weighted by atomic mass is 16.2. The van der Waals surface area contributed by atoms with Crippen molar-refractivity contribution in [3.63, 3.8) is 0 Å². The zero-order valence-electron chi connectivity index (χ0n) is 16.7. The van der Waals surface area contributed by atoms with Crippen LogP contribution in [0.1, 0.15) is 35.9 Å². The number of carbonyl (C=O) groups excluding carboxylic acids is 2. The molecular formula is C21H24N6O2. The van der Waals surface area contributed by atoms with E-state index in [0.29, 0.717) is 31.7 Å². The molecule has 8 heteroatoms. The van der Waals surface area contributed by atoms with Gasteiger partial charge in [0.05, 0.1) is 18.2 Å². The second kappa shape index (κ2) is 7.98. The van der Waals surface area contributed by atoms with E-state index in [1.165, 1.54) is 0 Å². The summed E-state index contributed by atoms with van der Waals surface area (Å²) in [5.74, 6) is -0.0199. The van der Waals surface area contributed by atoms with E-state index in [1.54, 1.807) is 28.4 Å². The van der Waals surface area contributed by atoms with Crippen molar-refractivity contribution in [2.75, 3.05) is 26.2 Å². The SMILES string of the molecule is CC(C)n1ncc2cc(C(=O)N3CCN(C(=O)Cc4ccccn4)CC3)cnc21. The Labute approximate surface area is 169 Å². The van der Waals surface area contributed by atoms with Gasteiger partial charge >= 0.3 is 0 Å². The summed E-state index contributed by atoms with van der Waals surface area (Å²) in [6.45, 7) is 6.16. The summed E-state index contributed by atoms with van der Waals surface area (Å²) < 4.78 is 1.84. The Kier molecular flexibility index (Phi) is 5.24. The van der Waals surface area contributed by atoms with Crippen molar-refractivity contribution in [2.45, 2.75) is 26.3 Å². The maximum absolute atomic E-state index is 12.9. The predicted octanol–water partition coefficient (Wildman–Crippen LogP) is 1.93. The highest BCUT2D eigenvalue weighted by molar-refractivity contribution is 5.97. The Hall–Kier alpha value is -3.29. The Morgan fingerprint density at radius 3 is 2.48 bits per heavy atom. The molecule has 4 heterocycles. The minimum Gasteiger partial charge on any atom is -0.339 e. The van der Waals surface area contributed by atoms with E-state index in [1.807, 2.05) is 42.8 Å². The monoisotopic (exact) mass is 392 g/mol. The van der Waals surface area contributed by atoms with Gasteiger partial charge in [-0.3, -0.25) is 14.6 Å². The summed E-state index contributed by atoms with van der Waals surface area (Å²) in [5, 5.41) is 5.21. The average Bonchev–Trinajstić information content (AvgIpc) is 3.17. The molecule has 29 heavy (non-hydrogen) atoms. The maximum atomic E-state index is 12.9. The topological polar surface area (TPSA) is 84.2 Å². The highest BCUT2D eigenvalue weighted by Gasteiger charge is 2.25. The molecule has 1 aliphatic rings. The van der Waals surface area contributed by atoms with Crippen LogP contribution in [0.5, 0.6) is 0 Å². The van der Waals surface area contributed by atoms with Crippen molar-refractivity contribution in [1.29, 1.82) is 0 Å². The molecule has 1 aliphatic heterocycles. The van der Waals surface area contributed by atoms with E-state index < -0.39 is 0 Å². The van der Waals surface area contributed by atoms with Gasteiger partial charge in [-0.15, -0.1) is 0 Å². The molecule has 0 radical (unpaired) electrons. The third-order valence-electron chi connectivity index (χ3n) is 5.15. The number of rotatable bonds is 4. The van der Waals surface area contributed by atoms with Gasteiger partial charge in [-0.05, 0) is 32.0 Å². The van der Waals surface area contributed by atoms with Crippen LogP contribution in [0.4, 0.5) is 0 Å². The standard InChI is InChI=1S/C21H24N6O2/c1-15(2)27-20-16(14-24-27)11-17(13-23-20)21(29)26-9-7-25(8-10-26)19(28)12-18-5-3-4-6-22-18/h3-6,11,13-15H,7-10,12H2,1-2H3. The summed E-state index contributed by atoms with van der Waals surface area (Å²) >= 11 is 0. The van der Waals surface area contributed by atoms with Gasteiger partial charge in [0.15, 0.2) is 5.65 Å². The van der Waals surface area contributed by atoms with E-state index in [9.17, 15) is 9.59 Å². The van der Waals surface area contributed by atoms with Crippen molar-refractivity contribution >= 4 is 22.8 Å². The molecule has 0 bridgehead atoms. The molecule has 0 atom stereocenters. The molecule has 3 aromatic heterocycles. The first-order chi connectivity index (χ1) is 14.0. The van der Waals surface area contributed by atoms with Gasteiger partial charge in [0.2, 0.25) is 5.91 Å². The van der Waals surface area contributed by atoms with Crippen LogP contribution < -0.4 is 0 Å². The lowest BCUT2D eigenvalue weighted by atomic mass is 10.2. The molecule has 0 spiro atoms. The number of carbonyl (C=O) groups is 2. The molecule has 0 N–H and O–H groups in total. The van der Waals surface area contributed by atoms with Gasteiger partial charge in [-0.25, -0.2) is 9.67 Å². The molecule has 4 rings (SSSR count). The van der Waals surface area contributed by atoms with Gasteiger partial charge in [-0.2, -0.15) is 5.10 Å². The smallest absolute Gasteiger partial charge is 0.255 e. The van der Waals surface area contributed by atoms with Gasteiger partial charge < -0.3 is 9.80 Å². The molecule has 1 fully saturated rings. The van der Waals surface area contributed by atoms with E-state index in [2.05, 4.69) is 15.1 Å². The first-order valence-corrected chi connectivity index (χ1v) is 9.83.